The molecule has 90 valence electrons. The van der Waals surface area contributed by atoms with Gasteiger partial charge in [0.2, 0.25) is 0 Å². The molecule has 0 amide bonds. The van der Waals surface area contributed by atoms with E-state index < -0.39 is 0 Å². The highest BCUT2D eigenvalue weighted by atomic mass is 32.1. The minimum atomic E-state index is 0.0801. The summed E-state index contributed by atoms with van der Waals surface area (Å²) in [6.07, 6.45) is 0. The van der Waals surface area contributed by atoms with E-state index in [1.165, 1.54) is 0 Å². The zero-order valence-electron chi connectivity index (χ0n) is 9.47. The van der Waals surface area contributed by atoms with Gasteiger partial charge in [0.05, 0.1) is 11.6 Å². The van der Waals surface area contributed by atoms with Crippen LogP contribution in [0, 0.1) is 6.92 Å². The number of thiophene rings is 1. The Morgan fingerprint density at radius 2 is 2.18 bits per heavy atom. The number of aryl methyl sites for hydroxylation is 1. The minimum absolute atomic E-state index is 0.0801. The van der Waals surface area contributed by atoms with Crippen LogP contribution >= 0.6 is 11.3 Å². The van der Waals surface area contributed by atoms with Crippen molar-refractivity contribution in [3.05, 3.63) is 29.4 Å². The van der Waals surface area contributed by atoms with Crippen molar-refractivity contribution >= 4 is 28.0 Å². The highest BCUT2D eigenvalue weighted by Gasteiger charge is 2.02. The molecular formula is C11H14N4OS. The Morgan fingerprint density at radius 3 is 2.88 bits per heavy atom. The summed E-state index contributed by atoms with van der Waals surface area (Å²) in [6.45, 7) is 2.40. The number of anilines is 3. The van der Waals surface area contributed by atoms with Crippen LogP contribution < -0.4 is 10.6 Å². The van der Waals surface area contributed by atoms with Crippen LogP contribution in [0.1, 0.15) is 5.82 Å². The Morgan fingerprint density at radius 1 is 1.35 bits per heavy atom. The van der Waals surface area contributed by atoms with Crippen LogP contribution in [0.25, 0.3) is 0 Å². The molecule has 0 spiro atoms. The van der Waals surface area contributed by atoms with Crippen LogP contribution in [-0.4, -0.2) is 28.2 Å². The van der Waals surface area contributed by atoms with Crippen LogP contribution in [0.5, 0.6) is 0 Å². The normalized spacial score (nSPS) is 10.2. The molecule has 5 nitrogen and oxygen atoms in total. The molecule has 2 rings (SSSR count). The number of hydrogen-bond donors (Lipinski definition) is 3. The molecule has 3 N–H and O–H groups in total. The van der Waals surface area contributed by atoms with Crippen LogP contribution in [0.15, 0.2) is 23.6 Å². The number of nitrogens with zero attached hydrogens (tertiary/aromatic N) is 2. The molecule has 0 radical (unpaired) electrons. The van der Waals surface area contributed by atoms with Gasteiger partial charge in [-0.15, -0.1) is 11.3 Å². The van der Waals surface area contributed by atoms with E-state index in [9.17, 15) is 0 Å². The summed E-state index contributed by atoms with van der Waals surface area (Å²) in [5, 5.41) is 18.0. The molecule has 0 aromatic carbocycles. The Balaban J connectivity index is 2.13. The lowest BCUT2D eigenvalue weighted by Crippen LogP contribution is -2.08. The first-order chi connectivity index (χ1) is 8.28. The molecular weight excluding hydrogens is 236 g/mol. The largest absolute Gasteiger partial charge is 0.395 e. The van der Waals surface area contributed by atoms with Gasteiger partial charge in [-0.3, -0.25) is 0 Å². The van der Waals surface area contributed by atoms with Gasteiger partial charge in [0.25, 0.3) is 0 Å². The van der Waals surface area contributed by atoms with Gasteiger partial charge in [-0.25, -0.2) is 9.97 Å². The second-order valence-corrected chi connectivity index (χ2v) is 4.39. The van der Waals surface area contributed by atoms with E-state index in [0.717, 1.165) is 10.8 Å². The maximum Gasteiger partial charge on any atom is 0.136 e. The van der Waals surface area contributed by atoms with Crippen molar-refractivity contribution < 1.29 is 5.11 Å². The smallest absolute Gasteiger partial charge is 0.136 e. The van der Waals surface area contributed by atoms with Crippen molar-refractivity contribution in [1.29, 1.82) is 0 Å². The number of hydrogen-bond acceptors (Lipinski definition) is 6. The first-order valence-corrected chi connectivity index (χ1v) is 6.17. The molecule has 2 heterocycles. The average Bonchev–Trinajstić information content (AvgIpc) is 2.78. The number of rotatable bonds is 5. The van der Waals surface area contributed by atoms with Gasteiger partial charge in [0.15, 0.2) is 0 Å². The average molecular weight is 250 g/mol. The predicted molar refractivity (Wildman–Crippen MR) is 69.9 cm³/mol. The van der Waals surface area contributed by atoms with Gasteiger partial charge in [-0.1, -0.05) is 0 Å². The molecule has 0 aliphatic heterocycles. The van der Waals surface area contributed by atoms with E-state index in [2.05, 4.69) is 20.6 Å². The molecule has 2 aromatic heterocycles. The van der Waals surface area contributed by atoms with Gasteiger partial charge in [0.1, 0.15) is 17.5 Å². The van der Waals surface area contributed by atoms with Gasteiger partial charge in [-0.05, 0) is 24.4 Å². The molecule has 0 aliphatic carbocycles. The van der Waals surface area contributed by atoms with E-state index >= 15 is 0 Å². The Bertz CT molecular complexity index is 472. The number of nitrogens with one attached hydrogen (secondary N) is 2. The maximum atomic E-state index is 8.75. The fraction of sp³-hybridized carbons (Fsp3) is 0.273. The number of aliphatic hydroxyl groups is 1. The molecule has 2 aromatic rings. The quantitative estimate of drug-likeness (QED) is 0.757. The predicted octanol–water partition coefficient (Wildman–Crippen LogP) is 1.99. The summed E-state index contributed by atoms with van der Waals surface area (Å²) >= 11 is 1.62. The number of aromatic nitrogens is 2. The van der Waals surface area contributed by atoms with Crippen LogP contribution in [0.2, 0.25) is 0 Å². The van der Waals surface area contributed by atoms with Gasteiger partial charge in [0, 0.05) is 12.6 Å². The first-order valence-electron chi connectivity index (χ1n) is 5.29. The maximum absolute atomic E-state index is 8.75. The molecule has 0 bridgehead atoms. The highest BCUT2D eigenvalue weighted by Crippen LogP contribution is 2.21. The molecule has 0 unspecified atom stereocenters. The van der Waals surface area contributed by atoms with Crippen LogP contribution in [0.3, 0.4) is 0 Å². The zero-order valence-corrected chi connectivity index (χ0v) is 10.3. The molecule has 17 heavy (non-hydrogen) atoms. The Kier molecular flexibility index (Phi) is 3.89. The highest BCUT2D eigenvalue weighted by molar-refractivity contribution is 7.14. The summed E-state index contributed by atoms with van der Waals surface area (Å²) in [5.74, 6) is 2.15. The molecule has 0 saturated heterocycles. The van der Waals surface area contributed by atoms with Gasteiger partial charge >= 0.3 is 0 Å². The van der Waals surface area contributed by atoms with Crippen molar-refractivity contribution in [3.63, 3.8) is 0 Å². The van der Waals surface area contributed by atoms with Crippen LogP contribution in [0.4, 0.5) is 16.6 Å². The monoisotopic (exact) mass is 250 g/mol. The lowest BCUT2D eigenvalue weighted by molar-refractivity contribution is 0.311. The topological polar surface area (TPSA) is 70.1 Å². The van der Waals surface area contributed by atoms with E-state index in [0.29, 0.717) is 18.2 Å². The molecule has 0 atom stereocenters. The first kappa shape index (κ1) is 11.8. The lowest BCUT2D eigenvalue weighted by Gasteiger charge is -2.08. The van der Waals surface area contributed by atoms with Crippen LogP contribution in [-0.2, 0) is 0 Å². The van der Waals surface area contributed by atoms with Gasteiger partial charge < -0.3 is 15.7 Å². The number of aliphatic hydroxyl groups excluding tert-OH is 1. The van der Waals surface area contributed by atoms with Crippen molar-refractivity contribution in [2.45, 2.75) is 6.92 Å². The molecule has 0 saturated carbocycles. The summed E-state index contributed by atoms with van der Waals surface area (Å²) in [6, 6.07) is 5.79. The second kappa shape index (κ2) is 5.60. The third-order valence-corrected chi connectivity index (χ3v) is 2.81. The van der Waals surface area contributed by atoms with E-state index in [-0.39, 0.29) is 6.61 Å². The van der Waals surface area contributed by atoms with Crippen molar-refractivity contribution in [2.75, 3.05) is 23.8 Å². The second-order valence-electron chi connectivity index (χ2n) is 3.44. The fourth-order valence-electron chi connectivity index (χ4n) is 1.38. The molecule has 0 fully saturated rings. The van der Waals surface area contributed by atoms with Crippen molar-refractivity contribution in [2.24, 2.45) is 0 Å². The van der Waals surface area contributed by atoms with Crippen molar-refractivity contribution in [3.8, 4) is 0 Å². The van der Waals surface area contributed by atoms with E-state index in [1.54, 1.807) is 11.3 Å². The lowest BCUT2D eigenvalue weighted by atomic mass is 10.4. The summed E-state index contributed by atoms with van der Waals surface area (Å²) in [7, 11) is 0. The Labute approximate surface area is 104 Å². The summed E-state index contributed by atoms with van der Waals surface area (Å²) in [5.41, 5.74) is 0. The minimum Gasteiger partial charge on any atom is -0.395 e. The van der Waals surface area contributed by atoms with Crippen molar-refractivity contribution in [1.82, 2.24) is 9.97 Å². The SMILES string of the molecule is Cc1nc(NCCO)cc(Nc2cccs2)n1. The standard InChI is InChI=1S/C11H14N4OS/c1-8-13-9(12-4-5-16)7-10(14-8)15-11-3-2-6-17-11/h2-3,6-7,16H,4-5H2,1H3,(H2,12,13,14,15). The summed E-state index contributed by atoms with van der Waals surface area (Å²) in [4.78, 5) is 8.53. The summed E-state index contributed by atoms with van der Waals surface area (Å²) < 4.78 is 0. The Hall–Kier alpha value is -1.66. The van der Waals surface area contributed by atoms with E-state index in [1.807, 2.05) is 30.5 Å². The van der Waals surface area contributed by atoms with E-state index in [4.69, 9.17) is 5.11 Å². The molecule has 0 aliphatic rings. The van der Waals surface area contributed by atoms with Gasteiger partial charge in [-0.2, -0.15) is 0 Å². The zero-order chi connectivity index (χ0) is 12.1. The third kappa shape index (κ3) is 3.40. The third-order valence-electron chi connectivity index (χ3n) is 2.03. The fourth-order valence-corrected chi connectivity index (χ4v) is 2.01. The molecule has 6 heteroatoms.